The fraction of sp³-hybridized carbons (Fsp3) is 0.467. The Balaban J connectivity index is 2.08. The van der Waals surface area contributed by atoms with Gasteiger partial charge in [-0.3, -0.25) is 0 Å². The molecule has 0 atom stereocenters. The molecule has 1 heterocycles. The first-order chi connectivity index (χ1) is 10.1. The van der Waals surface area contributed by atoms with Crippen LogP contribution in [-0.2, 0) is 19.7 Å². The van der Waals surface area contributed by atoms with Crippen molar-refractivity contribution in [3.63, 3.8) is 0 Å². The van der Waals surface area contributed by atoms with Gasteiger partial charge in [-0.05, 0) is 24.1 Å². The summed E-state index contributed by atoms with van der Waals surface area (Å²) in [7, 11) is 1.63. The molecule has 0 bridgehead atoms. The second kappa shape index (κ2) is 7.08. The highest BCUT2D eigenvalue weighted by molar-refractivity contribution is 5.40. The number of methoxy groups -OCH3 is 1. The topological polar surface area (TPSA) is 75.2 Å². The average Bonchev–Trinajstić information content (AvgIpc) is 2.91. The van der Waals surface area contributed by atoms with Gasteiger partial charge in [0.2, 0.25) is 0 Å². The Bertz CT molecular complexity index is 581. The van der Waals surface area contributed by atoms with Gasteiger partial charge < -0.3 is 15.2 Å². The second-order valence-corrected chi connectivity index (χ2v) is 5.22. The number of nitrogens with two attached hydrogens (primary N) is 1. The largest absolute Gasteiger partial charge is 0.497 e. The smallest absolute Gasteiger partial charge is 0.164 e. The van der Waals surface area contributed by atoms with Crippen molar-refractivity contribution in [3.8, 4) is 11.5 Å². The number of aromatic nitrogens is 3. The van der Waals surface area contributed by atoms with Crippen LogP contribution in [0.2, 0.25) is 0 Å². The molecule has 0 radical (unpaired) electrons. The molecule has 2 N–H and O–H groups in total. The normalized spacial score (nSPS) is 10.9. The molecule has 1 aromatic heterocycles. The minimum absolute atomic E-state index is 0.367. The minimum Gasteiger partial charge on any atom is -0.497 e. The lowest BCUT2D eigenvalue weighted by atomic mass is 10.2. The first kappa shape index (κ1) is 15.3. The van der Waals surface area contributed by atoms with Crippen LogP contribution < -0.4 is 15.2 Å². The first-order valence-corrected chi connectivity index (χ1v) is 7.00. The number of ether oxygens (including phenoxy) is 2. The molecule has 0 fully saturated rings. The van der Waals surface area contributed by atoms with Crippen LogP contribution in [-0.4, -0.2) is 21.9 Å². The maximum absolute atomic E-state index is 5.84. The summed E-state index contributed by atoms with van der Waals surface area (Å²) in [4.78, 5) is 4.24. The lowest BCUT2D eigenvalue weighted by Crippen LogP contribution is -2.13. The van der Waals surface area contributed by atoms with Crippen molar-refractivity contribution in [1.29, 1.82) is 0 Å². The highest BCUT2D eigenvalue weighted by Gasteiger charge is 2.09. The lowest BCUT2D eigenvalue weighted by Gasteiger charge is -2.13. The summed E-state index contributed by atoms with van der Waals surface area (Å²) < 4.78 is 12.9. The van der Waals surface area contributed by atoms with E-state index in [2.05, 4.69) is 23.9 Å². The van der Waals surface area contributed by atoms with Crippen LogP contribution in [0.15, 0.2) is 24.5 Å². The van der Waals surface area contributed by atoms with E-state index in [-0.39, 0.29) is 0 Å². The van der Waals surface area contributed by atoms with Crippen molar-refractivity contribution in [2.24, 2.45) is 11.7 Å². The molecule has 0 saturated carbocycles. The molecule has 0 amide bonds. The third-order valence-corrected chi connectivity index (χ3v) is 3.08. The van der Waals surface area contributed by atoms with Crippen molar-refractivity contribution in [2.75, 3.05) is 7.11 Å². The first-order valence-electron chi connectivity index (χ1n) is 7.00. The van der Waals surface area contributed by atoms with E-state index in [1.807, 2.05) is 22.9 Å². The maximum atomic E-state index is 5.84. The van der Waals surface area contributed by atoms with E-state index in [9.17, 15) is 0 Å². The van der Waals surface area contributed by atoms with E-state index >= 15 is 0 Å². The fourth-order valence-electron chi connectivity index (χ4n) is 2.02. The van der Waals surface area contributed by atoms with E-state index in [4.69, 9.17) is 15.2 Å². The molecule has 0 unspecified atom stereocenters. The lowest BCUT2D eigenvalue weighted by molar-refractivity contribution is 0.279. The highest BCUT2D eigenvalue weighted by atomic mass is 16.5. The van der Waals surface area contributed by atoms with Gasteiger partial charge in [0.05, 0.1) is 7.11 Å². The van der Waals surface area contributed by atoms with E-state index < -0.39 is 0 Å². The Labute approximate surface area is 124 Å². The van der Waals surface area contributed by atoms with E-state index in [0.29, 0.717) is 19.1 Å². The number of rotatable bonds is 7. The molecule has 2 aromatic rings. The molecule has 2 rings (SSSR count). The van der Waals surface area contributed by atoms with Crippen LogP contribution in [0.5, 0.6) is 11.5 Å². The van der Waals surface area contributed by atoms with Gasteiger partial charge in [-0.25, -0.2) is 9.67 Å². The van der Waals surface area contributed by atoms with Gasteiger partial charge in [0.1, 0.15) is 24.4 Å². The molecule has 0 aliphatic heterocycles. The van der Waals surface area contributed by atoms with E-state index in [1.165, 1.54) is 0 Å². The predicted molar refractivity (Wildman–Crippen MR) is 80.1 cm³/mol. The monoisotopic (exact) mass is 290 g/mol. The zero-order valence-electron chi connectivity index (χ0n) is 12.7. The van der Waals surface area contributed by atoms with Gasteiger partial charge in [0.15, 0.2) is 5.82 Å². The van der Waals surface area contributed by atoms with E-state index in [1.54, 1.807) is 13.4 Å². The van der Waals surface area contributed by atoms with Gasteiger partial charge in [0.25, 0.3) is 0 Å². The molecular formula is C15H22N4O2. The SMILES string of the molecule is COc1ccc(OCc2ncnn2CC(C)C)c(CN)c1. The molecule has 6 nitrogen and oxygen atoms in total. The van der Waals surface area contributed by atoms with Crippen LogP contribution in [0.3, 0.4) is 0 Å². The molecule has 1 aromatic carbocycles. The van der Waals surface area contributed by atoms with Gasteiger partial charge in [-0.15, -0.1) is 0 Å². The third kappa shape index (κ3) is 3.95. The summed E-state index contributed by atoms with van der Waals surface area (Å²) in [6.07, 6.45) is 1.55. The Hall–Kier alpha value is -2.08. The van der Waals surface area contributed by atoms with Crippen LogP contribution >= 0.6 is 0 Å². The molecule has 6 heteroatoms. The summed E-state index contributed by atoms with van der Waals surface area (Å²) in [6, 6.07) is 5.60. The molecule has 0 aliphatic carbocycles. The van der Waals surface area contributed by atoms with Crippen molar-refractivity contribution in [3.05, 3.63) is 35.9 Å². The maximum Gasteiger partial charge on any atom is 0.164 e. The average molecular weight is 290 g/mol. The third-order valence-electron chi connectivity index (χ3n) is 3.08. The number of benzene rings is 1. The van der Waals surface area contributed by atoms with Crippen LogP contribution in [0.1, 0.15) is 25.2 Å². The Morgan fingerprint density at radius 1 is 1.33 bits per heavy atom. The highest BCUT2D eigenvalue weighted by Crippen LogP contribution is 2.24. The van der Waals surface area contributed by atoms with E-state index in [0.717, 1.165) is 29.4 Å². The summed E-state index contributed by atoms with van der Waals surface area (Å²) in [5.74, 6) is 2.83. The second-order valence-electron chi connectivity index (χ2n) is 5.22. The van der Waals surface area contributed by atoms with Crippen molar-refractivity contribution in [2.45, 2.75) is 33.5 Å². The Kier molecular flexibility index (Phi) is 5.16. The van der Waals surface area contributed by atoms with Gasteiger partial charge in [-0.1, -0.05) is 13.8 Å². The van der Waals surface area contributed by atoms with Gasteiger partial charge in [0, 0.05) is 18.7 Å². The summed E-state index contributed by atoms with van der Waals surface area (Å²) in [6.45, 7) is 5.87. The van der Waals surface area contributed by atoms with Crippen molar-refractivity contribution in [1.82, 2.24) is 14.8 Å². The quantitative estimate of drug-likeness (QED) is 0.844. The number of hydrogen-bond donors (Lipinski definition) is 1. The van der Waals surface area contributed by atoms with Gasteiger partial charge in [-0.2, -0.15) is 5.10 Å². The van der Waals surface area contributed by atoms with Crippen LogP contribution in [0.25, 0.3) is 0 Å². The molecule has 0 aliphatic rings. The standard InChI is InChI=1S/C15H22N4O2/c1-11(2)8-19-15(17-10-18-19)9-21-14-5-4-13(20-3)6-12(14)7-16/h4-6,10-11H,7-9,16H2,1-3H3. The van der Waals surface area contributed by atoms with Gasteiger partial charge >= 0.3 is 0 Å². The molecule has 0 saturated heterocycles. The molecule has 21 heavy (non-hydrogen) atoms. The molecular weight excluding hydrogens is 268 g/mol. The molecule has 114 valence electrons. The minimum atomic E-state index is 0.367. The van der Waals surface area contributed by atoms with Crippen molar-refractivity contribution >= 4 is 0 Å². The zero-order valence-corrected chi connectivity index (χ0v) is 12.7. The summed E-state index contributed by atoms with van der Waals surface area (Å²) in [5.41, 5.74) is 6.66. The Morgan fingerprint density at radius 2 is 2.14 bits per heavy atom. The van der Waals surface area contributed by atoms with Crippen LogP contribution in [0.4, 0.5) is 0 Å². The fourth-order valence-corrected chi connectivity index (χ4v) is 2.02. The predicted octanol–water partition coefficient (Wildman–Crippen LogP) is 1.98. The number of nitrogens with zero attached hydrogens (tertiary/aromatic N) is 3. The Morgan fingerprint density at radius 3 is 2.81 bits per heavy atom. The zero-order chi connectivity index (χ0) is 15.2. The van der Waals surface area contributed by atoms with Crippen molar-refractivity contribution < 1.29 is 9.47 Å². The van der Waals surface area contributed by atoms with Crippen LogP contribution in [0, 0.1) is 5.92 Å². The summed E-state index contributed by atoms with van der Waals surface area (Å²) >= 11 is 0. The molecule has 0 spiro atoms. The number of hydrogen-bond acceptors (Lipinski definition) is 5. The summed E-state index contributed by atoms with van der Waals surface area (Å²) in [5, 5.41) is 4.22.